The number of Topliss-reactive ketones (excluding diaryl/α,β-unsaturated/α-hetero) is 1. The summed E-state index contributed by atoms with van der Waals surface area (Å²) in [5.41, 5.74) is 1.14. The van der Waals surface area contributed by atoms with Crippen LogP contribution in [-0.2, 0) is 11.2 Å². The van der Waals surface area contributed by atoms with Gasteiger partial charge in [-0.15, -0.1) is 0 Å². The van der Waals surface area contributed by atoms with Gasteiger partial charge >= 0.3 is 0 Å². The molecular formula is C11H13NO. The van der Waals surface area contributed by atoms with E-state index in [-0.39, 0.29) is 11.7 Å². The van der Waals surface area contributed by atoms with Gasteiger partial charge in [0.05, 0.1) is 6.21 Å². The molecule has 0 fully saturated rings. The van der Waals surface area contributed by atoms with Crippen LogP contribution in [-0.4, -0.2) is 12.0 Å². The van der Waals surface area contributed by atoms with E-state index in [1.807, 2.05) is 37.3 Å². The highest BCUT2D eigenvalue weighted by atomic mass is 16.1. The van der Waals surface area contributed by atoms with E-state index < -0.39 is 0 Å². The Bertz CT molecular complexity index is 292. The van der Waals surface area contributed by atoms with Gasteiger partial charge in [-0.1, -0.05) is 37.3 Å². The molecule has 0 aliphatic heterocycles. The molecule has 0 spiro atoms. The Kier molecular flexibility index (Phi) is 3.38. The summed E-state index contributed by atoms with van der Waals surface area (Å²) < 4.78 is 0. The van der Waals surface area contributed by atoms with Gasteiger partial charge in [-0.25, -0.2) is 0 Å². The van der Waals surface area contributed by atoms with Crippen molar-refractivity contribution in [2.45, 2.75) is 13.3 Å². The summed E-state index contributed by atoms with van der Waals surface area (Å²) in [5, 5.41) is 6.83. The third kappa shape index (κ3) is 2.82. The summed E-state index contributed by atoms with van der Waals surface area (Å²) >= 11 is 0. The van der Waals surface area contributed by atoms with Crippen LogP contribution in [0.25, 0.3) is 0 Å². The Hall–Kier alpha value is -1.44. The Labute approximate surface area is 78.1 Å². The minimum Gasteiger partial charge on any atom is -0.305 e. The number of rotatable bonds is 4. The van der Waals surface area contributed by atoms with Gasteiger partial charge < -0.3 is 5.41 Å². The lowest BCUT2D eigenvalue weighted by atomic mass is 9.98. The minimum atomic E-state index is -0.108. The van der Waals surface area contributed by atoms with E-state index in [0.29, 0.717) is 0 Å². The summed E-state index contributed by atoms with van der Waals surface area (Å²) in [4.78, 5) is 11.1. The van der Waals surface area contributed by atoms with Crippen molar-refractivity contribution in [3.05, 3.63) is 35.9 Å². The number of hydrogen-bond acceptors (Lipinski definition) is 2. The molecule has 1 atom stereocenters. The molecule has 0 saturated carbocycles. The zero-order valence-electron chi connectivity index (χ0n) is 7.66. The molecule has 2 heteroatoms. The van der Waals surface area contributed by atoms with E-state index in [1.54, 1.807) is 0 Å². The molecule has 68 valence electrons. The van der Waals surface area contributed by atoms with Crippen molar-refractivity contribution >= 4 is 12.0 Å². The van der Waals surface area contributed by atoms with Crippen LogP contribution in [0.15, 0.2) is 30.3 Å². The van der Waals surface area contributed by atoms with Gasteiger partial charge in [0.25, 0.3) is 0 Å². The first kappa shape index (κ1) is 9.65. The molecule has 0 aliphatic carbocycles. The second-order valence-corrected chi connectivity index (χ2v) is 3.14. The minimum absolute atomic E-state index is 0.0834. The Balaban J connectivity index is 2.60. The second-order valence-electron chi connectivity index (χ2n) is 3.14. The van der Waals surface area contributed by atoms with Crippen molar-refractivity contribution in [2.24, 2.45) is 5.92 Å². The van der Waals surface area contributed by atoms with Crippen LogP contribution in [0.2, 0.25) is 0 Å². The van der Waals surface area contributed by atoms with Crippen LogP contribution in [0.5, 0.6) is 0 Å². The molecule has 2 nitrogen and oxygen atoms in total. The van der Waals surface area contributed by atoms with Crippen molar-refractivity contribution in [2.75, 3.05) is 0 Å². The van der Waals surface area contributed by atoms with E-state index in [4.69, 9.17) is 5.41 Å². The van der Waals surface area contributed by atoms with Crippen molar-refractivity contribution in [1.29, 1.82) is 5.41 Å². The quantitative estimate of drug-likeness (QED) is 0.699. The molecule has 1 aromatic carbocycles. The van der Waals surface area contributed by atoms with Crippen LogP contribution in [0.3, 0.4) is 0 Å². The van der Waals surface area contributed by atoms with E-state index in [2.05, 4.69) is 0 Å². The molecule has 1 N–H and O–H groups in total. The highest BCUT2D eigenvalue weighted by molar-refractivity contribution is 6.27. The van der Waals surface area contributed by atoms with Gasteiger partial charge in [-0.05, 0) is 12.0 Å². The molecule has 1 aromatic rings. The van der Waals surface area contributed by atoms with Crippen molar-refractivity contribution in [3.63, 3.8) is 0 Å². The fourth-order valence-electron chi connectivity index (χ4n) is 1.21. The maximum atomic E-state index is 11.1. The summed E-state index contributed by atoms with van der Waals surface area (Å²) in [6.45, 7) is 1.85. The first-order valence-electron chi connectivity index (χ1n) is 4.32. The van der Waals surface area contributed by atoms with Crippen LogP contribution < -0.4 is 0 Å². The zero-order chi connectivity index (χ0) is 9.68. The maximum Gasteiger partial charge on any atom is 0.176 e. The van der Waals surface area contributed by atoms with Crippen LogP contribution in [0.4, 0.5) is 0 Å². The molecule has 1 rings (SSSR count). The highest BCUT2D eigenvalue weighted by Crippen LogP contribution is 2.07. The fraction of sp³-hybridized carbons (Fsp3) is 0.273. The average Bonchev–Trinajstić information content (AvgIpc) is 2.18. The van der Waals surface area contributed by atoms with E-state index in [0.717, 1.165) is 18.2 Å². The lowest BCUT2D eigenvalue weighted by molar-refractivity contribution is -0.115. The third-order valence-electron chi connectivity index (χ3n) is 2.01. The first-order valence-corrected chi connectivity index (χ1v) is 4.32. The van der Waals surface area contributed by atoms with Crippen molar-refractivity contribution in [1.82, 2.24) is 0 Å². The number of hydrogen-bond donors (Lipinski definition) is 1. The van der Waals surface area contributed by atoms with Crippen LogP contribution in [0.1, 0.15) is 12.5 Å². The molecule has 0 unspecified atom stereocenters. The number of benzene rings is 1. The Morgan fingerprint density at radius 1 is 1.46 bits per heavy atom. The van der Waals surface area contributed by atoms with E-state index in [1.165, 1.54) is 0 Å². The zero-order valence-corrected chi connectivity index (χ0v) is 7.66. The van der Waals surface area contributed by atoms with Gasteiger partial charge in [0, 0.05) is 5.92 Å². The summed E-state index contributed by atoms with van der Waals surface area (Å²) in [6.07, 6.45) is 1.61. The van der Waals surface area contributed by atoms with Crippen molar-refractivity contribution < 1.29 is 4.79 Å². The fourth-order valence-corrected chi connectivity index (χ4v) is 1.21. The SMILES string of the molecule is C[C@@H](Cc1ccccc1)C(=O)C=N. The predicted octanol–water partition coefficient (Wildman–Crippen LogP) is 2.08. The number of carbonyl (C=O) groups is 1. The van der Waals surface area contributed by atoms with Crippen molar-refractivity contribution in [3.8, 4) is 0 Å². The Morgan fingerprint density at radius 3 is 2.62 bits per heavy atom. The third-order valence-corrected chi connectivity index (χ3v) is 2.01. The average molecular weight is 175 g/mol. The Morgan fingerprint density at radius 2 is 2.08 bits per heavy atom. The maximum absolute atomic E-state index is 11.1. The normalized spacial score (nSPS) is 12.1. The van der Waals surface area contributed by atoms with Gasteiger partial charge in [-0.2, -0.15) is 0 Å². The smallest absolute Gasteiger partial charge is 0.176 e. The monoisotopic (exact) mass is 175 g/mol. The number of nitrogens with one attached hydrogen (secondary N) is 1. The predicted molar refractivity (Wildman–Crippen MR) is 53.1 cm³/mol. The van der Waals surface area contributed by atoms with Gasteiger partial charge in [0.1, 0.15) is 0 Å². The molecule has 0 aliphatic rings. The van der Waals surface area contributed by atoms with E-state index >= 15 is 0 Å². The summed E-state index contributed by atoms with van der Waals surface area (Å²) in [5.74, 6) is -0.191. The van der Waals surface area contributed by atoms with E-state index in [9.17, 15) is 4.79 Å². The van der Waals surface area contributed by atoms with Gasteiger partial charge in [-0.3, -0.25) is 4.79 Å². The molecule has 13 heavy (non-hydrogen) atoms. The van der Waals surface area contributed by atoms with Crippen LogP contribution >= 0.6 is 0 Å². The number of ketones is 1. The molecule has 0 aromatic heterocycles. The van der Waals surface area contributed by atoms with Crippen LogP contribution in [0, 0.1) is 11.3 Å². The standard InChI is InChI=1S/C11H13NO/c1-9(11(13)8-12)7-10-5-3-2-4-6-10/h2-6,8-9,12H,7H2,1H3/t9-/m0/s1. The topological polar surface area (TPSA) is 40.9 Å². The van der Waals surface area contributed by atoms with Gasteiger partial charge in [0.2, 0.25) is 0 Å². The second kappa shape index (κ2) is 4.55. The highest BCUT2D eigenvalue weighted by Gasteiger charge is 2.09. The lowest BCUT2D eigenvalue weighted by Crippen LogP contribution is -2.13. The molecule has 0 amide bonds. The lowest BCUT2D eigenvalue weighted by Gasteiger charge is -2.06. The molecule has 0 heterocycles. The molecular weight excluding hydrogens is 162 g/mol. The van der Waals surface area contributed by atoms with Gasteiger partial charge in [0.15, 0.2) is 5.78 Å². The number of carbonyl (C=O) groups excluding carboxylic acids is 1. The summed E-state index contributed by atoms with van der Waals surface area (Å²) in [7, 11) is 0. The summed E-state index contributed by atoms with van der Waals surface area (Å²) in [6, 6.07) is 9.85. The molecule has 0 saturated heterocycles. The molecule has 0 radical (unpaired) electrons. The largest absolute Gasteiger partial charge is 0.305 e. The first-order chi connectivity index (χ1) is 6.24. The molecule has 0 bridgehead atoms.